The van der Waals surface area contributed by atoms with Gasteiger partial charge in [-0.2, -0.15) is 0 Å². The number of amides is 1. The van der Waals surface area contributed by atoms with E-state index in [1.54, 1.807) is 0 Å². The predicted molar refractivity (Wildman–Crippen MR) is 70.6 cm³/mol. The second-order valence-electron chi connectivity index (χ2n) is 5.16. The van der Waals surface area contributed by atoms with E-state index in [4.69, 9.17) is 15.6 Å². The highest BCUT2D eigenvalue weighted by Crippen LogP contribution is 2.15. The van der Waals surface area contributed by atoms with Crippen LogP contribution in [-0.4, -0.2) is 54.2 Å². The first-order valence-electron chi connectivity index (χ1n) is 6.84. The minimum absolute atomic E-state index is 0.0388. The fraction of sp³-hybridized carbons (Fsp3) is 0.846. The standard InChI is InChI=1S/C13H24N2O4/c1-10(8-14)2-3-12(16)15-6-4-11(5-7-15)19-9-13(17)18/h10-11H,2-9,14H2,1H3,(H,17,18). The first-order chi connectivity index (χ1) is 9.02. The lowest BCUT2D eigenvalue weighted by Gasteiger charge is -2.32. The Morgan fingerprint density at radius 2 is 2.05 bits per heavy atom. The van der Waals surface area contributed by atoms with Gasteiger partial charge in [-0.05, 0) is 31.7 Å². The van der Waals surface area contributed by atoms with E-state index < -0.39 is 5.97 Å². The van der Waals surface area contributed by atoms with Crippen LogP contribution in [0.4, 0.5) is 0 Å². The number of ether oxygens (including phenoxy) is 1. The first-order valence-corrected chi connectivity index (χ1v) is 6.84. The molecule has 0 saturated carbocycles. The van der Waals surface area contributed by atoms with Crippen LogP contribution in [0.3, 0.4) is 0 Å². The smallest absolute Gasteiger partial charge is 0.329 e. The van der Waals surface area contributed by atoms with Crippen LogP contribution in [0.1, 0.15) is 32.6 Å². The summed E-state index contributed by atoms with van der Waals surface area (Å²) in [6.07, 6.45) is 2.75. The highest BCUT2D eigenvalue weighted by atomic mass is 16.5. The highest BCUT2D eigenvalue weighted by molar-refractivity contribution is 5.76. The Hall–Kier alpha value is -1.14. The largest absolute Gasteiger partial charge is 0.480 e. The molecule has 1 atom stereocenters. The van der Waals surface area contributed by atoms with E-state index in [0.717, 1.165) is 6.42 Å². The Morgan fingerprint density at radius 3 is 2.58 bits per heavy atom. The molecule has 1 unspecified atom stereocenters. The molecule has 19 heavy (non-hydrogen) atoms. The maximum Gasteiger partial charge on any atom is 0.329 e. The first kappa shape index (κ1) is 15.9. The summed E-state index contributed by atoms with van der Waals surface area (Å²) in [5.41, 5.74) is 5.52. The van der Waals surface area contributed by atoms with Crippen LogP contribution in [0.25, 0.3) is 0 Å². The molecule has 0 bridgehead atoms. The lowest BCUT2D eigenvalue weighted by molar-refractivity contribution is -0.146. The number of nitrogens with two attached hydrogens (primary N) is 1. The van der Waals surface area contributed by atoms with E-state index in [1.165, 1.54) is 0 Å². The number of likely N-dealkylation sites (tertiary alicyclic amines) is 1. The highest BCUT2D eigenvalue weighted by Gasteiger charge is 2.23. The summed E-state index contributed by atoms with van der Waals surface area (Å²) >= 11 is 0. The van der Waals surface area contributed by atoms with Crippen molar-refractivity contribution in [2.75, 3.05) is 26.2 Å². The molecule has 1 aliphatic rings. The van der Waals surface area contributed by atoms with Crippen LogP contribution in [0.5, 0.6) is 0 Å². The average molecular weight is 272 g/mol. The zero-order valence-corrected chi connectivity index (χ0v) is 11.5. The fourth-order valence-electron chi connectivity index (χ4n) is 2.11. The molecule has 1 aliphatic heterocycles. The molecule has 6 nitrogen and oxygen atoms in total. The van der Waals surface area contributed by atoms with Gasteiger partial charge in [-0.25, -0.2) is 4.79 Å². The van der Waals surface area contributed by atoms with Crippen LogP contribution >= 0.6 is 0 Å². The minimum Gasteiger partial charge on any atom is -0.480 e. The van der Waals surface area contributed by atoms with Gasteiger partial charge in [0.05, 0.1) is 6.10 Å². The van der Waals surface area contributed by atoms with Gasteiger partial charge in [0.2, 0.25) is 5.91 Å². The molecule has 1 heterocycles. The fourth-order valence-corrected chi connectivity index (χ4v) is 2.11. The summed E-state index contributed by atoms with van der Waals surface area (Å²) in [5.74, 6) is -0.411. The molecule has 1 rings (SSSR count). The van der Waals surface area contributed by atoms with Gasteiger partial charge in [0.25, 0.3) is 0 Å². The van der Waals surface area contributed by atoms with Crippen LogP contribution in [0, 0.1) is 5.92 Å². The van der Waals surface area contributed by atoms with E-state index in [1.807, 2.05) is 11.8 Å². The molecule has 0 radical (unpaired) electrons. The van der Waals surface area contributed by atoms with E-state index in [2.05, 4.69) is 0 Å². The Kier molecular flexibility index (Phi) is 6.80. The molecule has 0 aromatic heterocycles. The number of carbonyl (C=O) groups excluding carboxylic acids is 1. The van der Waals surface area contributed by atoms with E-state index in [9.17, 15) is 9.59 Å². The van der Waals surface area contributed by atoms with Crippen molar-refractivity contribution < 1.29 is 19.4 Å². The van der Waals surface area contributed by atoms with Crippen LogP contribution in [-0.2, 0) is 14.3 Å². The third-order valence-electron chi connectivity index (χ3n) is 3.49. The number of aliphatic carboxylic acids is 1. The van der Waals surface area contributed by atoms with Crippen molar-refractivity contribution in [1.82, 2.24) is 4.90 Å². The van der Waals surface area contributed by atoms with Gasteiger partial charge in [0, 0.05) is 19.5 Å². The van der Waals surface area contributed by atoms with Crippen molar-refractivity contribution in [2.45, 2.75) is 38.7 Å². The molecule has 1 saturated heterocycles. The van der Waals surface area contributed by atoms with Crippen molar-refractivity contribution in [3.8, 4) is 0 Å². The maximum atomic E-state index is 11.9. The lowest BCUT2D eigenvalue weighted by Crippen LogP contribution is -2.41. The van der Waals surface area contributed by atoms with Gasteiger partial charge in [0.1, 0.15) is 6.61 Å². The van der Waals surface area contributed by atoms with Gasteiger partial charge in [-0.15, -0.1) is 0 Å². The number of hydrogen-bond acceptors (Lipinski definition) is 4. The Balaban J connectivity index is 2.21. The SMILES string of the molecule is CC(CN)CCC(=O)N1CCC(OCC(=O)O)CC1. The van der Waals surface area contributed by atoms with E-state index >= 15 is 0 Å². The second-order valence-corrected chi connectivity index (χ2v) is 5.16. The molecule has 0 aromatic carbocycles. The number of nitrogens with zero attached hydrogens (tertiary/aromatic N) is 1. The zero-order chi connectivity index (χ0) is 14.3. The number of hydrogen-bond donors (Lipinski definition) is 2. The molecule has 0 aliphatic carbocycles. The third-order valence-corrected chi connectivity index (χ3v) is 3.49. The summed E-state index contributed by atoms with van der Waals surface area (Å²) in [6, 6.07) is 0. The van der Waals surface area contributed by atoms with Gasteiger partial charge in [-0.3, -0.25) is 4.79 Å². The Morgan fingerprint density at radius 1 is 1.42 bits per heavy atom. The van der Waals surface area contributed by atoms with Crippen molar-refractivity contribution in [2.24, 2.45) is 11.7 Å². The van der Waals surface area contributed by atoms with Gasteiger partial charge in [-0.1, -0.05) is 6.92 Å². The predicted octanol–water partition coefficient (Wildman–Crippen LogP) is 0.454. The van der Waals surface area contributed by atoms with Crippen molar-refractivity contribution in [3.63, 3.8) is 0 Å². The summed E-state index contributed by atoms with van der Waals surface area (Å²) in [7, 11) is 0. The normalized spacial score (nSPS) is 18.3. The number of rotatable bonds is 7. The topological polar surface area (TPSA) is 92.9 Å². The molecule has 3 N–H and O–H groups in total. The van der Waals surface area contributed by atoms with Gasteiger partial charge >= 0.3 is 5.97 Å². The summed E-state index contributed by atoms with van der Waals surface area (Å²) in [5, 5.41) is 8.53. The van der Waals surface area contributed by atoms with Crippen LogP contribution in [0.2, 0.25) is 0 Å². The average Bonchev–Trinajstić information content (AvgIpc) is 2.42. The van der Waals surface area contributed by atoms with Crippen molar-refractivity contribution >= 4 is 11.9 Å². The molecule has 110 valence electrons. The molecule has 0 aromatic rings. The molecular formula is C13H24N2O4. The van der Waals surface area contributed by atoms with Crippen LogP contribution < -0.4 is 5.73 Å². The Bertz CT molecular complexity index is 301. The molecule has 6 heteroatoms. The summed E-state index contributed by atoms with van der Waals surface area (Å²) in [4.78, 5) is 24.2. The molecule has 1 amide bonds. The van der Waals surface area contributed by atoms with Gasteiger partial charge in [0.15, 0.2) is 0 Å². The summed E-state index contributed by atoms with van der Waals surface area (Å²) < 4.78 is 5.23. The summed E-state index contributed by atoms with van der Waals surface area (Å²) in [6.45, 7) is 3.70. The van der Waals surface area contributed by atoms with Crippen molar-refractivity contribution in [3.05, 3.63) is 0 Å². The maximum absolute atomic E-state index is 11.9. The number of carboxylic acids is 1. The van der Waals surface area contributed by atoms with Crippen molar-refractivity contribution in [1.29, 1.82) is 0 Å². The Labute approximate surface area is 113 Å². The molecule has 1 fully saturated rings. The minimum atomic E-state index is -0.950. The second kappa shape index (κ2) is 8.12. The quantitative estimate of drug-likeness (QED) is 0.702. The van der Waals surface area contributed by atoms with E-state index in [-0.39, 0.29) is 18.6 Å². The monoisotopic (exact) mass is 272 g/mol. The molecule has 0 spiro atoms. The number of carbonyl (C=O) groups is 2. The number of piperidine rings is 1. The van der Waals surface area contributed by atoms with Gasteiger partial charge < -0.3 is 20.5 Å². The zero-order valence-electron chi connectivity index (χ0n) is 11.5. The molecular weight excluding hydrogens is 248 g/mol. The number of carboxylic acid groups (broad SMARTS) is 1. The van der Waals surface area contributed by atoms with Crippen LogP contribution in [0.15, 0.2) is 0 Å². The third kappa shape index (κ3) is 6.02. The lowest BCUT2D eigenvalue weighted by atomic mass is 10.0. The van der Waals surface area contributed by atoms with E-state index in [0.29, 0.717) is 44.8 Å².